The first kappa shape index (κ1) is 22.1. The van der Waals surface area contributed by atoms with Crippen LogP contribution in [0.15, 0.2) is 18.7 Å². The van der Waals surface area contributed by atoms with E-state index in [1.165, 1.54) is 70.8 Å². The van der Waals surface area contributed by atoms with Gasteiger partial charge in [0.25, 0.3) is 0 Å². The lowest BCUT2D eigenvalue weighted by Crippen LogP contribution is -2.23. The average Bonchev–Trinajstić information content (AvgIpc) is 2.85. The minimum atomic E-state index is -4.92. The van der Waals surface area contributed by atoms with E-state index in [0.717, 1.165) is 0 Å². The van der Waals surface area contributed by atoms with Crippen LogP contribution in [0.5, 0.6) is 0 Å². The van der Waals surface area contributed by atoms with Gasteiger partial charge >= 0.3 is 0 Å². The Balaban J connectivity index is 0.000000841. The largest absolute Gasteiger partial charge is 0.726 e. The standard InChI is InChI=1S/C16H31N2.H2O4S/c1-3-4-5-6-7-8-9-10-11-12-13-18-15-14-17(2)16-18;1-5(2,3)4/h14-16H,3-13H2,1-2H3;(H2,1,2,3,4)/q+1;/p-1. The second kappa shape index (κ2) is 13.5. The van der Waals surface area contributed by atoms with Crippen molar-refractivity contribution in [3.8, 4) is 0 Å². The molecule has 0 radical (unpaired) electrons. The van der Waals surface area contributed by atoms with Crippen LogP contribution in [-0.2, 0) is 24.0 Å². The number of hydrogen-bond acceptors (Lipinski definition) is 3. The monoisotopic (exact) mass is 348 g/mol. The van der Waals surface area contributed by atoms with Crippen LogP contribution in [0.3, 0.4) is 0 Å². The predicted molar refractivity (Wildman–Crippen MR) is 89.8 cm³/mol. The van der Waals surface area contributed by atoms with Gasteiger partial charge in [-0.1, -0.05) is 58.3 Å². The molecule has 1 aromatic heterocycles. The molecule has 1 N–H and O–H groups in total. The summed E-state index contributed by atoms with van der Waals surface area (Å²) in [6, 6.07) is 0. The van der Waals surface area contributed by atoms with E-state index in [-0.39, 0.29) is 0 Å². The summed E-state index contributed by atoms with van der Waals surface area (Å²) < 4.78 is 37.2. The van der Waals surface area contributed by atoms with Gasteiger partial charge in [0.05, 0.1) is 13.6 Å². The van der Waals surface area contributed by atoms with Crippen LogP contribution in [0.25, 0.3) is 0 Å². The Bertz CT molecular complexity index is 478. The van der Waals surface area contributed by atoms with E-state index in [0.29, 0.717) is 0 Å². The zero-order chi connectivity index (χ0) is 17.6. The topological polar surface area (TPSA) is 86.2 Å². The molecule has 0 aliphatic heterocycles. The molecule has 0 aliphatic carbocycles. The predicted octanol–water partition coefficient (Wildman–Crippen LogP) is 3.24. The molecule has 0 aromatic carbocycles. The van der Waals surface area contributed by atoms with Crippen LogP contribution >= 0.6 is 0 Å². The Morgan fingerprint density at radius 3 is 1.83 bits per heavy atom. The van der Waals surface area contributed by atoms with Crippen LogP contribution < -0.4 is 4.57 Å². The number of unbranched alkanes of at least 4 members (excludes halogenated alkanes) is 9. The van der Waals surface area contributed by atoms with Gasteiger partial charge in [-0.2, -0.15) is 0 Å². The summed E-state index contributed by atoms with van der Waals surface area (Å²) in [6.07, 6.45) is 20.6. The maximum absolute atomic E-state index is 8.63. The lowest BCUT2D eigenvalue weighted by atomic mass is 10.1. The Kier molecular flexibility index (Phi) is 13.0. The highest BCUT2D eigenvalue weighted by molar-refractivity contribution is 7.79. The SMILES string of the molecule is CCCCCCCCCCCCn1cc[n+](C)c1.O=S(=O)([O-])O. The summed E-state index contributed by atoms with van der Waals surface area (Å²) >= 11 is 0. The van der Waals surface area contributed by atoms with Gasteiger partial charge in [-0.05, 0) is 12.8 Å². The average molecular weight is 349 g/mol. The molecule has 0 spiro atoms. The van der Waals surface area contributed by atoms with Gasteiger partial charge in [0, 0.05) is 0 Å². The summed E-state index contributed by atoms with van der Waals surface area (Å²) in [7, 11) is -2.84. The molecule has 0 fully saturated rings. The van der Waals surface area contributed by atoms with Gasteiger partial charge in [-0.25, -0.2) is 17.6 Å². The summed E-state index contributed by atoms with van der Waals surface area (Å²) in [5.74, 6) is 0. The summed E-state index contributed by atoms with van der Waals surface area (Å²) in [6.45, 7) is 3.46. The maximum Gasteiger partial charge on any atom is 0.243 e. The molecule has 0 bridgehead atoms. The molecule has 7 heteroatoms. The molecule has 0 amide bonds. The molecule has 6 nitrogen and oxygen atoms in total. The van der Waals surface area contributed by atoms with Crippen molar-refractivity contribution in [2.75, 3.05) is 0 Å². The van der Waals surface area contributed by atoms with E-state index in [1.807, 2.05) is 0 Å². The number of hydrogen-bond donors (Lipinski definition) is 1. The lowest BCUT2D eigenvalue weighted by Gasteiger charge is -2.01. The zero-order valence-corrected chi connectivity index (χ0v) is 15.3. The van der Waals surface area contributed by atoms with Crippen molar-refractivity contribution in [3.05, 3.63) is 18.7 Å². The quantitative estimate of drug-likeness (QED) is 0.288. The molecular formula is C16H32N2O4S. The first-order chi connectivity index (χ1) is 10.8. The van der Waals surface area contributed by atoms with E-state index < -0.39 is 10.4 Å². The third-order valence-electron chi connectivity index (χ3n) is 3.59. The molecule has 0 saturated carbocycles. The van der Waals surface area contributed by atoms with Gasteiger partial charge in [0.15, 0.2) is 0 Å². The third kappa shape index (κ3) is 19.0. The molecule has 0 atom stereocenters. The summed E-state index contributed by atoms with van der Waals surface area (Å²) in [4.78, 5) is 0. The Morgan fingerprint density at radius 1 is 1.00 bits per heavy atom. The number of imidazole rings is 1. The van der Waals surface area contributed by atoms with Gasteiger partial charge < -0.3 is 4.55 Å². The van der Waals surface area contributed by atoms with Crippen molar-refractivity contribution in [2.24, 2.45) is 7.05 Å². The lowest BCUT2D eigenvalue weighted by molar-refractivity contribution is -0.671. The van der Waals surface area contributed by atoms with E-state index in [9.17, 15) is 0 Å². The van der Waals surface area contributed by atoms with Crippen molar-refractivity contribution in [2.45, 2.75) is 77.7 Å². The van der Waals surface area contributed by atoms with Gasteiger partial charge in [-0.15, -0.1) is 0 Å². The molecule has 136 valence electrons. The highest BCUT2D eigenvalue weighted by atomic mass is 32.3. The number of aromatic nitrogens is 2. The Morgan fingerprint density at radius 2 is 1.43 bits per heavy atom. The van der Waals surface area contributed by atoms with Crippen LogP contribution in [0.4, 0.5) is 0 Å². The zero-order valence-electron chi connectivity index (χ0n) is 14.5. The van der Waals surface area contributed by atoms with E-state index >= 15 is 0 Å². The van der Waals surface area contributed by atoms with Crippen molar-refractivity contribution in [1.29, 1.82) is 0 Å². The van der Waals surface area contributed by atoms with Crippen LogP contribution in [0.1, 0.15) is 71.1 Å². The second-order valence-electron chi connectivity index (χ2n) is 5.93. The van der Waals surface area contributed by atoms with Gasteiger partial charge in [0.2, 0.25) is 16.7 Å². The minimum Gasteiger partial charge on any atom is -0.726 e. The smallest absolute Gasteiger partial charge is 0.243 e. The third-order valence-corrected chi connectivity index (χ3v) is 3.59. The minimum absolute atomic E-state index is 1.18. The normalized spacial score (nSPS) is 11.1. The van der Waals surface area contributed by atoms with Crippen molar-refractivity contribution in [1.82, 2.24) is 4.57 Å². The maximum atomic E-state index is 8.63. The number of aryl methyl sites for hydroxylation is 2. The fourth-order valence-corrected chi connectivity index (χ4v) is 2.42. The van der Waals surface area contributed by atoms with Crippen molar-refractivity contribution in [3.63, 3.8) is 0 Å². The van der Waals surface area contributed by atoms with Crippen LogP contribution in [0, 0.1) is 0 Å². The fraction of sp³-hybridized carbons (Fsp3) is 0.812. The molecule has 1 heterocycles. The highest BCUT2D eigenvalue weighted by Gasteiger charge is 1.99. The van der Waals surface area contributed by atoms with E-state index in [2.05, 4.69) is 41.8 Å². The van der Waals surface area contributed by atoms with Crippen molar-refractivity contribution >= 4 is 10.4 Å². The van der Waals surface area contributed by atoms with Crippen molar-refractivity contribution < 1.29 is 22.1 Å². The van der Waals surface area contributed by atoms with Crippen LogP contribution in [0.2, 0.25) is 0 Å². The van der Waals surface area contributed by atoms with Gasteiger partial charge in [0.1, 0.15) is 12.4 Å². The van der Waals surface area contributed by atoms with E-state index in [1.54, 1.807) is 0 Å². The molecule has 1 rings (SSSR count). The second-order valence-corrected chi connectivity index (χ2v) is 6.78. The summed E-state index contributed by atoms with van der Waals surface area (Å²) in [5, 5.41) is 0. The first-order valence-electron chi connectivity index (χ1n) is 8.52. The first-order valence-corrected chi connectivity index (χ1v) is 9.88. The molecule has 23 heavy (non-hydrogen) atoms. The molecule has 0 saturated heterocycles. The molecule has 0 aliphatic rings. The highest BCUT2D eigenvalue weighted by Crippen LogP contribution is 2.10. The number of rotatable bonds is 11. The van der Waals surface area contributed by atoms with Crippen LogP contribution in [-0.4, -0.2) is 22.1 Å². The van der Waals surface area contributed by atoms with E-state index in [4.69, 9.17) is 17.5 Å². The summed E-state index contributed by atoms with van der Waals surface area (Å²) in [5.41, 5.74) is 0. The number of nitrogens with zero attached hydrogens (tertiary/aromatic N) is 2. The van der Waals surface area contributed by atoms with Gasteiger partial charge in [-0.3, -0.25) is 4.55 Å². The Hall–Kier alpha value is -0.920. The Labute approximate surface area is 141 Å². The molecular weight excluding hydrogens is 316 g/mol. The fourth-order valence-electron chi connectivity index (χ4n) is 2.42. The molecule has 1 aromatic rings. The molecule has 0 unspecified atom stereocenters.